The molecule has 0 aromatic heterocycles. The lowest BCUT2D eigenvalue weighted by molar-refractivity contribution is 0.277. The third-order valence-electron chi connectivity index (χ3n) is 3.40. The molecule has 1 aliphatic rings. The van der Waals surface area contributed by atoms with Crippen LogP contribution in [0.1, 0.15) is 11.1 Å². The topological polar surface area (TPSA) is 49.7 Å². The number of fused-ring (bicyclic) bond motifs is 3. The van der Waals surface area contributed by atoms with Crippen LogP contribution in [0.3, 0.4) is 0 Å². The van der Waals surface area contributed by atoms with Crippen molar-refractivity contribution in [3.8, 4) is 16.9 Å². The Morgan fingerprint density at radius 2 is 1.55 bits per heavy atom. The van der Waals surface area contributed by atoms with Crippen LogP contribution >= 0.6 is 0 Å². The maximum absolute atomic E-state index is 14.0. The van der Waals surface area contributed by atoms with Gasteiger partial charge in [0.15, 0.2) is 23.3 Å². The lowest BCUT2D eigenvalue weighted by atomic mass is 10.0. The second-order valence-corrected chi connectivity index (χ2v) is 4.64. The van der Waals surface area contributed by atoms with Gasteiger partial charge in [-0.25, -0.2) is 17.6 Å². The Balaban J connectivity index is 2.35. The fourth-order valence-electron chi connectivity index (χ4n) is 2.54. The van der Waals surface area contributed by atoms with Gasteiger partial charge >= 0.3 is 7.32 Å². The molecule has 0 unspecified atom stereocenters. The molecule has 1 aliphatic carbocycles. The van der Waals surface area contributed by atoms with Gasteiger partial charge in [0.05, 0.1) is 0 Å². The molecule has 0 radical (unpaired) electrons. The van der Waals surface area contributed by atoms with E-state index in [0.29, 0.717) is 0 Å². The summed E-state index contributed by atoms with van der Waals surface area (Å²) in [6.07, 6.45) is -0.280. The fraction of sp³-hybridized carbons (Fsp3) is 0.0769. The molecule has 9 heteroatoms. The lowest BCUT2D eigenvalue weighted by Gasteiger charge is -2.13. The molecule has 3 nitrogen and oxygen atoms in total. The van der Waals surface area contributed by atoms with E-state index in [9.17, 15) is 22.0 Å². The van der Waals surface area contributed by atoms with Crippen LogP contribution in [0.4, 0.5) is 22.0 Å². The van der Waals surface area contributed by atoms with Gasteiger partial charge in [-0.3, -0.25) is 0 Å². The van der Waals surface area contributed by atoms with Crippen molar-refractivity contribution < 1.29 is 36.7 Å². The second kappa shape index (κ2) is 4.96. The van der Waals surface area contributed by atoms with E-state index in [1.807, 2.05) is 0 Å². The van der Waals surface area contributed by atoms with Gasteiger partial charge in [-0.15, -0.1) is 0 Å². The Hall–Kier alpha value is -2.13. The first-order valence-electron chi connectivity index (χ1n) is 6.02. The summed E-state index contributed by atoms with van der Waals surface area (Å²) in [5.74, 6) is -9.10. The third-order valence-corrected chi connectivity index (χ3v) is 3.40. The van der Waals surface area contributed by atoms with Crippen LogP contribution in [0.2, 0.25) is 0 Å². The van der Waals surface area contributed by atoms with Crippen molar-refractivity contribution in [1.29, 1.82) is 0 Å². The summed E-state index contributed by atoms with van der Waals surface area (Å²) in [7, 11) is -2.49. The van der Waals surface area contributed by atoms with Gasteiger partial charge < -0.3 is 14.7 Å². The van der Waals surface area contributed by atoms with Crippen LogP contribution in [-0.4, -0.2) is 17.4 Å². The summed E-state index contributed by atoms with van der Waals surface area (Å²) < 4.78 is 72.9. The molecule has 0 aliphatic heterocycles. The van der Waals surface area contributed by atoms with E-state index in [1.54, 1.807) is 0 Å². The van der Waals surface area contributed by atoms with E-state index >= 15 is 0 Å². The Kier molecular flexibility index (Phi) is 3.34. The van der Waals surface area contributed by atoms with E-state index in [0.717, 1.165) is 12.1 Å². The van der Waals surface area contributed by atoms with Crippen LogP contribution in [0.15, 0.2) is 12.1 Å². The minimum Gasteiger partial charge on any atom is -0.509 e. The summed E-state index contributed by atoms with van der Waals surface area (Å²) in [6, 6.07) is 1.94. The second-order valence-electron chi connectivity index (χ2n) is 4.64. The number of hydrogen-bond acceptors (Lipinski definition) is 3. The van der Waals surface area contributed by atoms with Gasteiger partial charge in [0.2, 0.25) is 5.82 Å². The van der Waals surface area contributed by atoms with Gasteiger partial charge in [0, 0.05) is 23.1 Å². The minimum absolute atomic E-state index is 0.0927. The predicted octanol–water partition coefficient (Wildman–Crippen LogP) is 2.30. The lowest BCUT2D eigenvalue weighted by Crippen LogP contribution is -2.22. The predicted molar refractivity (Wildman–Crippen MR) is 65.3 cm³/mol. The highest BCUT2D eigenvalue weighted by Crippen LogP contribution is 2.46. The molecule has 2 N–H and O–H groups in total. The van der Waals surface area contributed by atoms with Crippen molar-refractivity contribution in [3.63, 3.8) is 0 Å². The van der Waals surface area contributed by atoms with Crippen molar-refractivity contribution in [3.05, 3.63) is 52.3 Å². The maximum atomic E-state index is 14.0. The minimum atomic E-state index is -2.49. The molecule has 22 heavy (non-hydrogen) atoms. The van der Waals surface area contributed by atoms with Crippen LogP contribution in [-0.2, 0) is 6.42 Å². The molecule has 0 amide bonds. The largest absolute Gasteiger partial charge is 0.707 e. The fourth-order valence-corrected chi connectivity index (χ4v) is 2.54. The summed E-state index contributed by atoms with van der Waals surface area (Å²) in [5, 5.41) is 17.5. The summed E-state index contributed by atoms with van der Waals surface area (Å²) in [4.78, 5) is 0. The molecule has 2 aromatic rings. The van der Waals surface area contributed by atoms with Crippen LogP contribution < -0.4 is 4.65 Å². The van der Waals surface area contributed by atoms with E-state index in [1.165, 1.54) is 0 Å². The van der Waals surface area contributed by atoms with Gasteiger partial charge in [-0.2, -0.15) is 4.39 Å². The van der Waals surface area contributed by atoms with Crippen molar-refractivity contribution in [2.75, 3.05) is 0 Å². The Morgan fingerprint density at radius 1 is 0.864 bits per heavy atom. The molecule has 0 bridgehead atoms. The van der Waals surface area contributed by atoms with Crippen molar-refractivity contribution in [2.45, 2.75) is 6.42 Å². The van der Waals surface area contributed by atoms with Crippen LogP contribution in [0.25, 0.3) is 11.1 Å². The third kappa shape index (κ3) is 1.97. The average molecular weight is 316 g/mol. The summed E-state index contributed by atoms with van der Waals surface area (Å²) in [5.41, 5.74) is -1.47. The number of halogens is 5. The van der Waals surface area contributed by atoms with E-state index in [4.69, 9.17) is 10.0 Å². The first kappa shape index (κ1) is 14.8. The summed E-state index contributed by atoms with van der Waals surface area (Å²) >= 11 is 0. The van der Waals surface area contributed by atoms with Crippen molar-refractivity contribution in [1.82, 2.24) is 0 Å². The molecular formula is C13H6BF5O3. The standard InChI is InChI=1S/C13H6BF5O3/c15-6-2-1-4-3-5-8(7(4)9(6)16)10(17)11(18)12(19)13(5)22-14(20)21/h1-2,20-21H,3H2. The Bertz CT molecular complexity index is 794. The van der Waals surface area contributed by atoms with E-state index in [-0.39, 0.29) is 17.5 Å². The highest BCUT2D eigenvalue weighted by molar-refractivity contribution is 6.33. The van der Waals surface area contributed by atoms with Crippen molar-refractivity contribution >= 4 is 7.32 Å². The number of benzene rings is 2. The molecule has 0 spiro atoms. The normalized spacial score (nSPS) is 12.1. The molecule has 0 fully saturated rings. The van der Waals surface area contributed by atoms with E-state index < -0.39 is 53.3 Å². The quantitative estimate of drug-likeness (QED) is 0.433. The van der Waals surface area contributed by atoms with Gasteiger partial charge in [-0.1, -0.05) is 6.07 Å². The first-order chi connectivity index (χ1) is 10.3. The molecule has 2 aromatic carbocycles. The Morgan fingerprint density at radius 3 is 2.18 bits per heavy atom. The summed E-state index contributed by atoms with van der Waals surface area (Å²) in [6.45, 7) is 0. The molecular weight excluding hydrogens is 310 g/mol. The van der Waals surface area contributed by atoms with Crippen LogP contribution in [0, 0.1) is 29.1 Å². The SMILES string of the molecule is OB(O)Oc1c(F)c(F)c(F)c2c1Cc1ccc(F)c(F)c1-2. The highest BCUT2D eigenvalue weighted by Gasteiger charge is 2.36. The highest BCUT2D eigenvalue weighted by atomic mass is 19.2. The van der Waals surface area contributed by atoms with Gasteiger partial charge in [0.1, 0.15) is 5.75 Å². The monoisotopic (exact) mass is 316 g/mol. The zero-order chi connectivity index (χ0) is 16.2. The maximum Gasteiger partial charge on any atom is 0.707 e. The Labute approximate surface area is 120 Å². The molecule has 0 saturated carbocycles. The smallest absolute Gasteiger partial charge is 0.509 e. The van der Waals surface area contributed by atoms with Crippen molar-refractivity contribution in [2.24, 2.45) is 0 Å². The van der Waals surface area contributed by atoms with Crippen LogP contribution in [0.5, 0.6) is 5.75 Å². The number of hydrogen-bond donors (Lipinski definition) is 2. The molecule has 3 rings (SSSR count). The number of rotatable bonds is 2. The van der Waals surface area contributed by atoms with E-state index in [2.05, 4.69) is 4.65 Å². The zero-order valence-corrected chi connectivity index (χ0v) is 10.6. The molecule has 0 heterocycles. The molecule has 0 atom stereocenters. The average Bonchev–Trinajstić information content (AvgIpc) is 2.85. The zero-order valence-electron chi connectivity index (χ0n) is 10.6. The van der Waals surface area contributed by atoms with Gasteiger partial charge in [-0.05, 0) is 11.6 Å². The van der Waals surface area contributed by atoms with Gasteiger partial charge in [0.25, 0.3) is 0 Å². The first-order valence-corrected chi connectivity index (χ1v) is 6.02. The molecule has 114 valence electrons. The molecule has 0 saturated heterocycles.